The molecule has 1 amide bonds. The van der Waals surface area contributed by atoms with E-state index in [1.54, 1.807) is 4.90 Å². The zero-order valence-electron chi connectivity index (χ0n) is 16.1. The molecule has 6 aliphatic rings. The number of fused-ring (bicyclic) bond motifs is 1. The Morgan fingerprint density at radius 2 is 1.69 bits per heavy atom. The van der Waals surface area contributed by atoms with Crippen molar-refractivity contribution in [3.8, 4) is 6.07 Å². The van der Waals surface area contributed by atoms with Crippen LogP contribution in [0.5, 0.6) is 0 Å². The van der Waals surface area contributed by atoms with Crippen molar-refractivity contribution in [1.29, 1.82) is 5.26 Å². The summed E-state index contributed by atoms with van der Waals surface area (Å²) in [4.78, 5) is 36.5. The quantitative estimate of drug-likeness (QED) is 0.357. The summed E-state index contributed by atoms with van der Waals surface area (Å²) < 4.78 is 8.88. The van der Waals surface area contributed by atoms with Crippen molar-refractivity contribution in [2.45, 2.75) is 75.1 Å². The second kappa shape index (κ2) is 7.27. The number of nitriles is 1. The lowest BCUT2D eigenvalue weighted by molar-refractivity contribution is -0.177. The average molecular weight is 431 g/mol. The van der Waals surface area contributed by atoms with Gasteiger partial charge in [0.05, 0.1) is 17.7 Å². The summed E-state index contributed by atoms with van der Waals surface area (Å²) in [7, 11) is -4.64. The van der Waals surface area contributed by atoms with Gasteiger partial charge in [0.2, 0.25) is 5.91 Å². The predicted molar refractivity (Wildman–Crippen MR) is 101 cm³/mol. The van der Waals surface area contributed by atoms with Crippen molar-refractivity contribution < 1.29 is 34.6 Å². The molecule has 5 saturated carbocycles. The first-order valence-corrected chi connectivity index (χ1v) is 11.5. The van der Waals surface area contributed by atoms with Crippen LogP contribution in [0.25, 0.3) is 0 Å². The van der Waals surface area contributed by atoms with Gasteiger partial charge in [-0.15, -0.1) is 0 Å². The van der Waals surface area contributed by atoms with Crippen LogP contribution in [-0.2, 0) is 9.36 Å². The molecule has 1 aliphatic heterocycles. The van der Waals surface area contributed by atoms with Gasteiger partial charge in [-0.2, -0.15) is 5.26 Å². The second-order valence-electron chi connectivity index (χ2n) is 9.73. The minimum Gasteiger partial charge on any atom is -0.412 e. The highest BCUT2D eigenvalue weighted by atomic mass is 31.2. The largest absolute Gasteiger partial charge is 0.466 e. The Hall–Kier alpha value is -1.05. The fraction of sp³-hybridized carbons (Fsp3) is 0.889. The van der Waals surface area contributed by atoms with E-state index in [-0.39, 0.29) is 28.9 Å². The third-order valence-electron chi connectivity index (χ3n) is 7.51. The van der Waals surface area contributed by atoms with Gasteiger partial charge in [-0.3, -0.25) is 4.79 Å². The summed E-state index contributed by atoms with van der Waals surface area (Å²) in [6.07, 6.45) is 7.48. The van der Waals surface area contributed by atoms with Crippen molar-refractivity contribution in [3.05, 3.63) is 0 Å². The number of piperidine rings is 1. The second-order valence-corrected chi connectivity index (χ2v) is 10.8. The normalized spacial score (nSPS) is 44.7. The monoisotopic (exact) mass is 431 g/mol. The van der Waals surface area contributed by atoms with E-state index in [0.29, 0.717) is 24.2 Å². The van der Waals surface area contributed by atoms with Gasteiger partial charge in [-0.1, -0.05) is 0 Å². The van der Waals surface area contributed by atoms with E-state index >= 15 is 0 Å². The molecule has 8 atom stereocenters. The molecule has 10 nitrogen and oxygen atoms in total. The lowest BCUT2D eigenvalue weighted by Gasteiger charge is -2.61. The van der Waals surface area contributed by atoms with E-state index < -0.39 is 19.5 Å². The topological polar surface area (TPSA) is 200 Å². The van der Waals surface area contributed by atoms with Crippen LogP contribution in [0.2, 0.25) is 0 Å². The minimum absolute atomic E-state index is 0. The van der Waals surface area contributed by atoms with E-state index in [4.69, 9.17) is 25.0 Å². The Morgan fingerprint density at radius 1 is 1.14 bits per heavy atom. The number of rotatable bonds is 2. The van der Waals surface area contributed by atoms with Gasteiger partial charge in [0.25, 0.3) is 0 Å². The fourth-order valence-corrected chi connectivity index (χ4v) is 6.96. The Morgan fingerprint density at radius 3 is 2.17 bits per heavy atom. The van der Waals surface area contributed by atoms with Crippen molar-refractivity contribution in [1.82, 2.24) is 4.90 Å². The summed E-state index contributed by atoms with van der Waals surface area (Å²) in [5, 5.41) is 20.2. The minimum atomic E-state index is -4.64. The predicted octanol–water partition coefficient (Wildman–Crippen LogP) is -0.595. The molecule has 1 heterocycles. The number of carbonyl (C=O) groups is 1. The summed E-state index contributed by atoms with van der Waals surface area (Å²) in [6.45, 7) is 0. The van der Waals surface area contributed by atoms with Crippen LogP contribution in [0.15, 0.2) is 0 Å². The number of likely N-dealkylation sites (tertiary alicyclic amines) is 1. The molecule has 5 aliphatic carbocycles. The van der Waals surface area contributed by atoms with Crippen LogP contribution in [0.4, 0.5) is 0 Å². The maximum atomic E-state index is 13.1. The summed E-state index contributed by atoms with van der Waals surface area (Å²) >= 11 is 0. The maximum Gasteiger partial charge on any atom is 0.466 e. The van der Waals surface area contributed by atoms with Crippen LogP contribution in [0, 0.1) is 34.5 Å². The highest BCUT2D eigenvalue weighted by Gasteiger charge is 2.62. The van der Waals surface area contributed by atoms with E-state index in [0.717, 1.165) is 38.5 Å². The molecule has 8 N–H and O–H groups in total. The van der Waals surface area contributed by atoms with Gasteiger partial charge < -0.3 is 35.9 Å². The summed E-state index contributed by atoms with van der Waals surface area (Å²) in [6, 6.07) is 1.72. The summed E-state index contributed by atoms with van der Waals surface area (Å²) in [5.41, 5.74) is 5.71. The number of phosphoric acid groups is 1. The van der Waals surface area contributed by atoms with Gasteiger partial charge in [0, 0.05) is 6.04 Å². The maximum absolute atomic E-state index is 13.1. The highest BCUT2D eigenvalue weighted by Crippen LogP contribution is 2.63. The molecule has 2 unspecified atom stereocenters. The molecule has 0 radical (unpaired) electrons. The van der Waals surface area contributed by atoms with E-state index in [1.165, 1.54) is 6.42 Å². The van der Waals surface area contributed by atoms with Crippen LogP contribution >= 0.6 is 7.82 Å². The lowest BCUT2D eigenvalue weighted by atomic mass is 9.46. The van der Waals surface area contributed by atoms with E-state index in [9.17, 15) is 15.2 Å². The number of amides is 1. The van der Waals surface area contributed by atoms with Crippen LogP contribution in [0.1, 0.15) is 51.4 Å². The van der Waals surface area contributed by atoms with Crippen molar-refractivity contribution in [2.24, 2.45) is 28.9 Å². The molecule has 6 rings (SSSR count). The number of hydrogen-bond acceptors (Lipinski definition) is 5. The van der Waals surface area contributed by atoms with E-state index in [1.807, 2.05) is 0 Å². The number of carbonyl (C=O) groups excluding carboxylic acids is 1. The molecule has 4 bridgehead atoms. The van der Waals surface area contributed by atoms with Crippen molar-refractivity contribution >= 4 is 13.7 Å². The third kappa shape index (κ3) is 4.23. The van der Waals surface area contributed by atoms with Gasteiger partial charge in [0.15, 0.2) is 0 Å². The molecular formula is C18H30N3O7P. The van der Waals surface area contributed by atoms with Crippen LogP contribution in [0.3, 0.4) is 0 Å². The first-order chi connectivity index (χ1) is 12.9. The molecule has 29 heavy (non-hydrogen) atoms. The lowest BCUT2D eigenvalue weighted by Crippen LogP contribution is -2.64. The molecule has 0 aromatic carbocycles. The number of hydrogen-bond donors (Lipinski definition) is 5. The van der Waals surface area contributed by atoms with E-state index in [2.05, 4.69) is 6.07 Å². The zero-order valence-corrected chi connectivity index (χ0v) is 17.0. The standard InChI is InChI=1S/C18H25N3O2.H3O4P.H2O/c19-8-13-2-12-3-14(12)21(13)16(22)15(20)17-4-10-1-11(5-17)7-18(23,6-10)9-17;1-5(2,3)4;/h10-15,23H,1-7,9,20H2;(H3,1,2,3,4);1H2/t10-,11+,12-,13+,14+,15-,17?,18?;;/m1../s1. The third-order valence-corrected chi connectivity index (χ3v) is 7.51. The van der Waals surface area contributed by atoms with Crippen LogP contribution < -0.4 is 5.73 Å². The Kier molecular flexibility index (Phi) is 5.68. The van der Waals surface area contributed by atoms with Gasteiger partial charge in [0.1, 0.15) is 6.04 Å². The van der Waals surface area contributed by atoms with Gasteiger partial charge >= 0.3 is 7.82 Å². The molecule has 164 valence electrons. The van der Waals surface area contributed by atoms with Crippen molar-refractivity contribution in [2.75, 3.05) is 0 Å². The van der Waals surface area contributed by atoms with Crippen LogP contribution in [-0.4, -0.2) is 59.8 Å². The molecular weight excluding hydrogens is 401 g/mol. The molecule has 0 aromatic heterocycles. The average Bonchev–Trinajstić information content (AvgIpc) is 3.20. The smallest absolute Gasteiger partial charge is 0.412 e. The Labute approximate surface area is 169 Å². The molecule has 11 heteroatoms. The number of nitrogens with zero attached hydrogens (tertiary/aromatic N) is 2. The Bertz CT molecular complexity index is 743. The highest BCUT2D eigenvalue weighted by molar-refractivity contribution is 7.45. The Balaban J connectivity index is 0.000000362. The molecule has 0 aromatic rings. The summed E-state index contributed by atoms with van der Waals surface area (Å²) in [5.74, 6) is 1.56. The molecule has 6 fully saturated rings. The first kappa shape index (κ1) is 22.6. The SMILES string of the molecule is N#C[C@@H]1C[C@@H]2C[C@@H]2N1C(=O)[C@@H](N)C12C[C@@H]3C[C@@H](CC(O)(C3)C1)C2.O.O=P(O)(O)O. The first-order valence-electron chi connectivity index (χ1n) is 9.91. The van der Waals surface area contributed by atoms with Gasteiger partial charge in [-0.25, -0.2) is 4.57 Å². The molecule has 1 saturated heterocycles. The number of nitrogens with two attached hydrogens (primary N) is 1. The fourth-order valence-electron chi connectivity index (χ4n) is 6.96. The molecule has 0 spiro atoms. The van der Waals surface area contributed by atoms with Gasteiger partial charge in [-0.05, 0) is 74.5 Å². The zero-order chi connectivity index (χ0) is 20.5. The van der Waals surface area contributed by atoms with Crippen molar-refractivity contribution in [3.63, 3.8) is 0 Å². The number of aliphatic hydroxyl groups is 1.